The lowest BCUT2D eigenvalue weighted by Gasteiger charge is -2.26. The Morgan fingerprint density at radius 2 is 0.768 bits per heavy atom. The largest absolute Gasteiger partial charge is 0.392 e. The third-order valence-corrected chi connectivity index (χ3v) is 22.7. The molecule has 640 valence electrons. The van der Waals surface area contributed by atoms with Crippen LogP contribution in [0.25, 0.3) is 43.1 Å². The number of β-amino-alcohol motifs (C(OH)–C–C–N with tert-alkyl or cyclic N) is 2. The number of aliphatic hydroxyl groups excluding tert-OH is 3. The van der Waals surface area contributed by atoms with Crippen LogP contribution in [-0.2, 0) is 0 Å². The van der Waals surface area contributed by atoms with Gasteiger partial charge in [-0.2, -0.15) is 0 Å². The summed E-state index contributed by atoms with van der Waals surface area (Å²) in [7, 11) is 3.79. The van der Waals surface area contributed by atoms with Crippen LogP contribution in [0.1, 0.15) is 176 Å². The molecule has 0 spiro atoms. The first-order chi connectivity index (χ1) is 60.5. The van der Waals surface area contributed by atoms with Crippen molar-refractivity contribution in [2.24, 2.45) is 0 Å². The van der Waals surface area contributed by atoms with E-state index >= 15 is 0 Å². The second-order valence-corrected chi connectivity index (χ2v) is 33.1. The van der Waals surface area contributed by atoms with Crippen molar-refractivity contribution in [3.05, 3.63) is 283 Å². The van der Waals surface area contributed by atoms with Crippen LogP contribution in [0.4, 0.5) is 23.3 Å². The van der Waals surface area contributed by atoms with Crippen LogP contribution in [0.15, 0.2) is 201 Å². The summed E-state index contributed by atoms with van der Waals surface area (Å²) in [6.07, 6.45) is 18.2. The number of rotatable bonds is 23. The molecule has 23 heteroatoms. The maximum atomic E-state index is 12.6. The van der Waals surface area contributed by atoms with Crippen LogP contribution in [0, 0.1) is 47.4 Å². The molecular weight excluding hydrogens is 1630 g/mol. The Balaban J connectivity index is 0.000000152. The average molecular weight is 1730 g/mol. The first-order valence-corrected chi connectivity index (χ1v) is 43.5. The summed E-state index contributed by atoms with van der Waals surface area (Å²) in [6, 6.07) is 53.4. The van der Waals surface area contributed by atoms with Crippen molar-refractivity contribution >= 4 is 124 Å². The molecule has 3 saturated heterocycles. The molecule has 3 aliphatic heterocycles. The number of anilines is 4. The second kappa shape index (κ2) is 46.0. The Morgan fingerprint density at radius 3 is 1.21 bits per heavy atom. The van der Waals surface area contributed by atoms with Crippen molar-refractivity contribution in [1.29, 1.82) is 0 Å². The predicted octanol–water partition coefficient (Wildman–Crippen LogP) is 16.2. The number of hydrogen-bond acceptors (Lipinski definition) is 19. The van der Waals surface area contributed by atoms with E-state index in [-0.39, 0.29) is 29.8 Å². The lowest BCUT2D eigenvalue weighted by Crippen LogP contribution is -2.39. The van der Waals surface area contributed by atoms with Crippen molar-refractivity contribution in [1.82, 2.24) is 44.9 Å². The van der Waals surface area contributed by atoms with E-state index < -0.39 is 18.3 Å². The van der Waals surface area contributed by atoms with Gasteiger partial charge in [-0.15, -0.1) is 0 Å². The van der Waals surface area contributed by atoms with Gasteiger partial charge in [0.05, 0.1) is 40.6 Å². The molecule has 8 aromatic carbocycles. The van der Waals surface area contributed by atoms with Crippen molar-refractivity contribution in [2.45, 2.75) is 108 Å². The number of unbranched alkanes of at least 4 members (excludes halogenated alkanes) is 1. The highest BCUT2D eigenvalue weighted by molar-refractivity contribution is 6.32. The fourth-order valence-corrected chi connectivity index (χ4v) is 15.7. The molecule has 12 N–H and O–H groups in total. The van der Waals surface area contributed by atoms with Crippen LogP contribution in [0.3, 0.4) is 0 Å². The SMILES string of the molecule is CN(C)CC(O)CCC(=O)c1ccc(C#Cc2c(N)ncc3ccccc23)cc1.Nc1ncc2ccc(Cl)cc2c1C#Cc1ccc(C(=O)CCC(O)CN2CCCC2)cc1.Nc1ncc2ccc(Cl)cc2c1C#Cc1ccc(C(=O)CCCCN2CCCCC2)cc1.Nc1ncc2ccc(Cl)cc2c1C#Cc1cccc(C(=O)NCC(O)CN2CCCC2)c1. The van der Waals surface area contributed by atoms with E-state index in [9.17, 15) is 34.5 Å². The number of likely N-dealkylation sites (tertiary alicyclic amines) is 3. The zero-order valence-electron chi connectivity index (χ0n) is 70.5. The number of nitrogens with zero attached hydrogens (tertiary/aromatic N) is 8. The number of nitrogen functional groups attached to an aromatic ring is 4. The quantitative estimate of drug-likeness (QED) is 0.0168. The summed E-state index contributed by atoms with van der Waals surface area (Å²) in [5.74, 6) is 26.3. The third kappa shape index (κ3) is 27.5. The Hall–Kier alpha value is -12.1. The second-order valence-electron chi connectivity index (χ2n) is 31.8. The number of piperidine rings is 1. The molecule has 12 aromatic rings. The Morgan fingerprint density at radius 1 is 0.392 bits per heavy atom. The van der Waals surface area contributed by atoms with Gasteiger partial charge in [0, 0.05) is 173 Å². The molecule has 20 nitrogen and oxygen atoms in total. The van der Waals surface area contributed by atoms with Crippen LogP contribution < -0.4 is 28.3 Å². The first-order valence-electron chi connectivity index (χ1n) is 42.4. The zero-order valence-corrected chi connectivity index (χ0v) is 72.7. The van der Waals surface area contributed by atoms with Crippen LogP contribution in [0.2, 0.25) is 15.1 Å². The molecule has 3 unspecified atom stereocenters. The number of nitrogens with one attached hydrogen (secondary N) is 1. The molecule has 0 bridgehead atoms. The van der Waals surface area contributed by atoms with E-state index in [2.05, 4.69) is 87.3 Å². The number of likely N-dealkylation sites (N-methyl/N-ethyl adjacent to an activating group) is 1. The Bertz CT molecular complexity index is 6050. The zero-order chi connectivity index (χ0) is 88.1. The minimum atomic E-state index is -0.589. The number of carbonyl (C=O) groups is 4. The Labute approximate surface area is 746 Å². The fraction of sp³-hybridized carbons (Fsp3) is 0.294. The number of carbonyl (C=O) groups excluding carboxylic acids is 4. The number of ketones is 3. The summed E-state index contributed by atoms with van der Waals surface area (Å²) in [5, 5.41) is 42.2. The molecule has 15 rings (SSSR count). The molecule has 7 heterocycles. The molecule has 3 fully saturated rings. The third-order valence-electron chi connectivity index (χ3n) is 21.9. The minimum absolute atomic E-state index is 0.0183. The van der Waals surface area contributed by atoms with E-state index in [1.807, 2.05) is 140 Å². The number of pyridine rings is 4. The normalized spacial score (nSPS) is 13.9. The van der Waals surface area contributed by atoms with E-state index in [1.165, 1.54) is 58.0 Å². The van der Waals surface area contributed by atoms with Gasteiger partial charge in [-0.25, -0.2) is 19.9 Å². The molecule has 4 aromatic heterocycles. The van der Waals surface area contributed by atoms with E-state index in [4.69, 9.17) is 57.7 Å². The van der Waals surface area contributed by atoms with Gasteiger partial charge in [0.2, 0.25) is 0 Å². The number of fused-ring (bicyclic) bond motifs is 4. The topological polar surface area (TPSA) is 310 Å². The number of nitrogens with two attached hydrogens (primary N) is 4. The highest BCUT2D eigenvalue weighted by atomic mass is 35.5. The molecule has 0 saturated carbocycles. The van der Waals surface area contributed by atoms with Gasteiger partial charge in [0.25, 0.3) is 5.91 Å². The number of Topliss-reactive ketones (excluding diaryl/α,β-unsaturated/α-hetero) is 3. The van der Waals surface area contributed by atoms with Gasteiger partial charge in [-0.1, -0.05) is 174 Å². The van der Waals surface area contributed by atoms with E-state index in [0.717, 1.165) is 111 Å². The molecule has 3 atom stereocenters. The van der Waals surface area contributed by atoms with Gasteiger partial charge in [0.1, 0.15) is 23.3 Å². The monoisotopic (exact) mass is 1730 g/mol. The maximum Gasteiger partial charge on any atom is 0.251 e. The highest BCUT2D eigenvalue weighted by Crippen LogP contribution is 2.30. The van der Waals surface area contributed by atoms with Crippen LogP contribution in [0.5, 0.6) is 0 Å². The van der Waals surface area contributed by atoms with Gasteiger partial charge in [-0.3, -0.25) is 19.2 Å². The molecule has 0 aliphatic carbocycles. The Kier molecular flexibility index (Phi) is 33.9. The predicted molar refractivity (Wildman–Crippen MR) is 505 cm³/mol. The number of halogens is 3. The highest BCUT2D eigenvalue weighted by Gasteiger charge is 2.21. The lowest BCUT2D eigenvalue weighted by molar-refractivity contribution is 0.0878. The smallest absolute Gasteiger partial charge is 0.251 e. The summed E-state index contributed by atoms with van der Waals surface area (Å²) in [6.45, 7) is 9.63. The number of hydrogen-bond donors (Lipinski definition) is 8. The van der Waals surface area contributed by atoms with Gasteiger partial charge in [0.15, 0.2) is 17.3 Å². The summed E-state index contributed by atoms with van der Waals surface area (Å²) in [5.41, 5.74) is 32.3. The van der Waals surface area contributed by atoms with E-state index in [1.54, 1.807) is 79.4 Å². The van der Waals surface area contributed by atoms with E-state index in [0.29, 0.717) is 135 Å². The molecule has 1 amide bonds. The summed E-state index contributed by atoms with van der Waals surface area (Å²) < 4.78 is 0. The minimum Gasteiger partial charge on any atom is -0.392 e. The van der Waals surface area contributed by atoms with Crippen molar-refractivity contribution in [3.63, 3.8) is 0 Å². The van der Waals surface area contributed by atoms with Crippen molar-refractivity contribution < 1.29 is 34.5 Å². The van der Waals surface area contributed by atoms with Gasteiger partial charge < -0.3 is 63.2 Å². The van der Waals surface area contributed by atoms with Crippen molar-refractivity contribution in [2.75, 3.05) is 109 Å². The first kappa shape index (κ1) is 92.1. The number of benzene rings is 8. The molecule has 125 heavy (non-hydrogen) atoms. The number of amides is 1. The van der Waals surface area contributed by atoms with Crippen LogP contribution in [-0.4, -0.2) is 183 Å². The fourth-order valence-electron chi connectivity index (χ4n) is 15.1. The average Bonchev–Trinajstić information content (AvgIpc) is 1.07. The number of aromatic nitrogens is 4. The summed E-state index contributed by atoms with van der Waals surface area (Å²) in [4.78, 5) is 75.7. The van der Waals surface area contributed by atoms with Crippen LogP contribution >= 0.6 is 34.8 Å². The lowest BCUT2D eigenvalue weighted by atomic mass is 10.0. The van der Waals surface area contributed by atoms with Gasteiger partial charge >= 0.3 is 0 Å². The molecule has 0 radical (unpaired) electrons. The molecular formula is C102H104Cl3N13O7. The van der Waals surface area contributed by atoms with Gasteiger partial charge in [-0.05, 0) is 215 Å². The maximum absolute atomic E-state index is 12.6. The molecule has 3 aliphatic rings. The number of aliphatic hydroxyl groups is 3. The standard InChI is InChI=1S/C27H28ClN3O.C26H26ClN3O2.C25H25ClN4O2.C24H25N3O2/c28-23-13-12-22-19-30-27(29)24(25(22)18-23)14-9-20-7-10-21(11-8-20)26(32)6-2-5-17-31-15-3-1-4-16-31;27-21-9-8-20-16-29-26(28)23(24(20)15-21)11-5-18-3-6-19(7-4-18)25(32)12-10-22(31)17-30-13-1-2-14-30;26-20-8-7-19-14-28-24(27)22(23(19)13-20)9-6-17-4-3-5-18(12-17)25(32)29-15-21(31)16-30-10-1-2-11-30;1-27(2)16-20(28)12-14-23(29)18-10-7-17(8-11-18)9-13-22-21-6-4-3-5-19(21)15-26-24(22)25/h7-8,10-13,18-19H,1-6,15-17H2,(H2,29,30);3-4,6-9,15-16,22,31H,1-2,10,12-14,17H2,(H2,28,29);3-5,7-8,12-14,21,31H,1-2,10-11,15-16H2,(H2,27,28)(H,29,32);3-8,10-11,15,20,28H,12,14,16H2,1-2H3,(H2,25,26). The van der Waals surface area contributed by atoms with Crippen molar-refractivity contribution in [3.8, 4) is 47.4 Å². The summed E-state index contributed by atoms with van der Waals surface area (Å²) >= 11 is 18.4.